The van der Waals surface area contributed by atoms with Crippen molar-refractivity contribution in [2.24, 2.45) is 0 Å². The van der Waals surface area contributed by atoms with Gasteiger partial charge in [-0.2, -0.15) is 0 Å². The van der Waals surface area contributed by atoms with Gasteiger partial charge in [-0.05, 0) is 31.0 Å². The third kappa shape index (κ3) is 2.51. The van der Waals surface area contributed by atoms with Crippen molar-refractivity contribution < 1.29 is 4.74 Å². The van der Waals surface area contributed by atoms with E-state index in [-0.39, 0.29) is 0 Å². The van der Waals surface area contributed by atoms with Crippen LogP contribution in [0.5, 0.6) is 5.75 Å². The molecule has 1 N–H and O–H groups in total. The highest BCUT2D eigenvalue weighted by Crippen LogP contribution is 2.30. The average Bonchev–Trinajstić information content (AvgIpc) is 2.80. The van der Waals surface area contributed by atoms with Crippen LogP contribution in [0.25, 0.3) is 0 Å². The number of benzene rings is 1. The molecule has 2 rings (SSSR count). The van der Waals surface area contributed by atoms with Gasteiger partial charge in [0.1, 0.15) is 5.75 Å². The SMILES string of the molecule is CCCOc1ccccc1C1CCNC1. The smallest absolute Gasteiger partial charge is 0.122 e. The summed E-state index contributed by atoms with van der Waals surface area (Å²) in [5, 5.41) is 3.40. The second kappa shape index (κ2) is 5.17. The van der Waals surface area contributed by atoms with Crippen LogP contribution in [0.3, 0.4) is 0 Å². The van der Waals surface area contributed by atoms with Gasteiger partial charge in [0.15, 0.2) is 0 Å². The monoisotopic (exact) mass is 205 g/mol. The third-order valence-electron chi connectivity index (χ3n) is 2.88. The molecule has 0 saturated carbocycles. The van der Waals surface area contributed by atoms with Crippen molar-refractivity contribution in [3.05, 3.63) is 29.8 Å². The fraction of sp³-hybridized carbons (Fsp3) is 0.538. The molecule has 1 heterocycles. The highest BCUT2D eigenvalue weighted by molar-refractivity contribution is 5.37. The third-order valence-corrected chi connectivity index (χ3v) is 2.88. The lowest BCUT2D eigenvalue weighted by atomic mass is 9.97. The second-order valence-electron chi connectivity index (χ2n) is 4.08. The summed E-state index contributed by atoms with van der Waals surface area (Å²) in [6.07, 6.45) is 2.30. The Hall–Kier alpha value is -1.02. The van der Waals surface area contributed by atoms with E-state index >= 15 is 0 Å². The van der Waals surface area contributed by atoms with Gasteiger partial charge >= 0.3 is 0 Å². The average molecular weight is 205 g/mol. The van der Waals surface area contributed by atoms with E-state index in [1.807, 2.05) is 0 Å². The molecule has 15 heavy (non-hydrogen) atoms. The maximum absolute atomic E-state index is 5.77. The van der Waals surface area contributed by atoms with Crippen molar-refractivity contribution in [2.75, 3.05) is 19.7 Å². The van der Waals surface area contributed by atoms with Crippen molar-refractivity contribution in [1.82, 2.24) is 5.32 Å². The van der Waals surface area contributed by atoms with Crippen LogP contribution in [-0.4, -0.2) is 19.7 Å². The summed E-state index contributed by atoms with van der Waals surface area (Å²) in [5.41, 5.74) is 1.37. The van der Waals surface area contributed by atoms with Crippen molar-refractivity contribution in [2.45, 2.75) is 25.7 Å². The molecule has 2 heteroatoms. The number of para-hydroxylation sites is 1. The molecule has 1 aromatic rings. The number of rotatable bonds is 4. The Morgan fingerprint density at radius 1 is 1.40 bits per heavy atom. The quantitative estimate of drug-likeness (QED) is 0.815. The van der Waals surface area contributed by atoms with Gasteiger partial charge in [0.2, 0.25) is 0 Å². The molecule has 0 radical (unpaired) electrons. The summed E-state index contributed by atoms with van der Waals surface area (Å²) in [6, 6.07) is 8.44. The number of ether oxygens (including phenoxy) is 1. The van der Waals surface area contributed by atoms with Crippen molar-refractivity contribution in [1.29, 1.82) is 0 Å². The highest BCUT2D eigenvalue weighted by Gasteiger charge is 2.19. The fourth-order valence-corrected chi connectivity index (χ4v) is 2.08. The first kappa shape index (κ1) is 10.5. The Morgan fingerprint density at radius 2 is 2.27 bits per heavy atom. The van der Waals surface area contributed by atoms with Gasteiger partial charge < -0.3 is 10.1 Å². The van der Waals surface area contributed by atoms with Crippen LogP contribution in [0, 0.1) is 0 Å². The van der Waals surface area contributed by atoms with Gasteiger partial charge in [0, 0.05) is 12.5 Å². The zero-order valence-corrected chi connectivity index (χ0v) is 9.33. The van der Waals surface area contributed by atoms with Gasteiger partial charge in [0.25, 0.3) is 0 Å². The lowest BCUT2D eigenvalue weighted by Gasteiger charge is -2.14. The standard InChI is InChI=1S/C13H19NO/c1-2-9-15-13-6-4-3-5-12(13)11-7-8-14-10-11/h3-6,11,14H,2,7-10H2,1H3. The van der Waals surface area contributed by atoms with Gasteiger partial charge in [-0.3, -0.25) is 0 Å². The molecule has 2 nitrogen and oxygen atoms in total. The Morgan fingerprint density at radius 3 is 3.00 bits per heavy atom. The largest absolute Gasteiger partial charge is 0.493 e. The molecule has 1 atom stereocenters. The Balaban J connectivity index is 2.13. The molecular weight excluding hydrogens is 186 g/mol. The maximum atomic E-state index is 5.77. The lowest BCUT2D eigenvalue weighted by molar-refractivity contribution is 0.312. The summed E-state index contributed by atoms with van der Waals surface area (Å²) in [6.45, 7) is 5.18. The van der Waals surface area contributed by atoms with Crippen LogP contribution in [0.2, 0.25) is 0 Å². The molecule has 1 aromatic carbocycles. The Kier molecular flexibility index (Phi) is 3.62. The molecule has 1 aliphatic heterocycles. The molecule has 82 valence electrons. The van der Waals surface area contributed by atoms with E-state index in [1.54, 1.807) is 0 Å². The topological polar surface area (TPSA) is 21.3 Å². The Labute approximate surface area is 91.6 Å². The van der Waals surface area contributed by atoms with Crippen molar-refractivity contribution >= 4 is 0 Å². The minimum absolute atomic E-state index is 0.637. The molecule has 0 bridgehead atoms. The van der Waals surface area contributed by atoms with Gasteiger partial charge in [0.05, 0.1) is 6.61 Å². The number of nitrogens with one attached hydrogen (secondary N) is 1. The van der Waals surface area contributed by atoms with Crippen LogP contribution >= 0.6 is 0 Å². The van der Waals surface area contributed by atoms with E-state index in [2.05, 4.69) is 36.5 Å². The van der Waals surface area contributed by atoms with Gasteiger partial charge in [-0.25, -0.2) is 0 Å². The zero-order chi connectivity index (χ0) is 10.5. The maximum Gasteiger partial charge on any atom is 0.122 e. The van der Waals surface area contributed by atoms with Crippen molar-refractivity contribution in [3.8, 4) is 5.75 Å². The van der Waals surface area contributed by atoms with E-state index in [9.17, 15) is 0 Å². The van der Waals surface area contributed by atoms with Crippen LogP contribution in [0.4, 0.5) is 0 Å². The van der Waals surface area contributed by atoms with Crippen LogP contribution < -0.4 is 10.1 Å². The summed E-state index contributed by atoms with van der Waals surface area (Å²) < 4.78 is 5.77. The molecule has 1 unspecified atom stereocenters. The number of hydrogen-bond donors (Lipinski definition) is 1. The molecule has 1 aliphatic rings. The first-order valence-corrected chi connectivity index (χ1v) is 5.84. The predicted molar refractivity (Wildman–Crippen MR) is 62.5 cm³/mol. The summed E-state index contributed by atoms with van der Waals surface area (Å²) in [5.74, 6) is 1.71. The van der Waals surface area contributed by atoms with Crippen LogP contribution in [0.15, 0.2) is 24.3 Å². The molecule has 0 spiro atoms. The first-order valence-electron chi connectivity index (χ1n) is 5.84. The summed E-state index contributed by atoms with van der Waals surface area (Å²) >= 11 is 0. The molecule has 1 saturated heterocycles. The van der Waals surface area contributed by atoms with Crippen LogP contribution in [-0.2, 0) is 0 Å². The summed E-state index contributed by atoms with van der Waals surface area (Å²) in [7, 11) is 0. The van der Waals surface area contributed by atoms with E-state index in [4.69, 9.17) is 4.74 Å². The highest BCUT2D eigenvalue weighted by atomic mass is 16.5. The van der Waals surface area contributed by atoms with Crippen LogP contribution in [0.1, 0.15) is 31.2 Å². The lowest BCUT2D eigenvalue weighted by Crippen LogP contribution is -2.09. The molecular formula is C13H19NO. The number of hydrogen-bond acceptors (Lipinski definition) is 2. The summed E-state index contributed by atoms with van der Waals surface area (Å²) in [4.78, 5) is 0. The normalized spacial score (nSPS) is 20.5. The molecule has 0 amide bonds. The van der Waals surface area contributed by atoms with E-state index in [0.29, 0.717) is 5.92 Å². The minimum Gasteiger partial charge on any atom is -0.493 e. The van der Waals surface area contributed by atoms with E-state index < -0.39 is 0 Å². The minimum atomic E-state index is 0.637. The van der Waals surface area contributed by atoms with Gasteiger partial charge in [-0.15, -0.1) is 0 Å². The molecule has 0 aliphatic carbocycles. The molecule has 1 fully saturated rings. The van der Waals surface area contributed by atoms with Crippen molar-refractivity contribution in [3.63, 3.8) is 0 Å². The Bertz CT molecular complexity index is 305. The van der Waals surface area contributed by atoms with E-state index in [0.717, 1.165) is 31.9 Å². The fourth-order valence-electron chi connectivity index (χ4n) is 2.08. The molecule has 0 aromatic heterocycles. The predicted octanol–water partition coefficient (Wildman–Crippen LogP) is 2.55. The first-order chi connectivity index (χ1) is 7.42. The second-order valence-corrected chi connectivity index (χ2v) is 4.08. The van der Waals surface area contributed by atoms with E-state index in [1.165, 1.54) is 12.0 Å². The van der Waals surface area contributed by atoms with Gasteiger partial charge in [-0.1, -0.05) is 25.1 Å². The zero-order valence-electron chi connectivity index (χ0n) is 9.33.